The molecule has 1 aliphatic heterocycles. The van der Waals surface area contributed by atoms with Crippen molar-refractivity contribution >= 4 is 11.9 Å². The predicted molar refractivity (Wildman–Crippen MR) is 56.4 cm³/mol. The molecule has 0 aliphatic carbocycles. The van der Waals surface area contributed by atoms with E-state index in [1.807, 2.05) is 6.92 Å². The van der Waals surface area contributed by atoms with Gasteiger partial charge in [0.1, 0.15) is 6.04 Å². The van der Waals surface area contributed by atoms with Gasteiger partial charge in [0.15, 0.2) is 0 Å². The molecule has 0 aromatic carbocycles. The lowest BCUT2D eigenvalue weighted by molar-refractivity contribution is -0.154. The normalized spacial score (nSPS) is 26.8. The van der Waals surface area contributed by atoms with Crippen molar-refractivity contribution < 1.29 is 14.7 Å². The Morgan fingerprint density at radius 1 is 1.40 bits per heavy atom. The standard InChI is InChI=1S/C11H19NO3/c1-7(2)10(13)12-5-4-8(3)6-9(12)11(14)15/h7-9H,4-6H2,1-3H3,(H,14,15). The molecule has 4 heteroatoms. The van der Waals surface area contributed by atoms with Gasteiger partial charge in [-0.15, -0.1) is 0 Å². The fourth-order valence-electron chi connectivity index (χ4n) is 1.97. The fraction of sp³-hybridized carbons (Fsp3) is 0.818. The van der Waals surface area contributed by atoms with E-state index in [1.165, 1.54) is 4.90 Å². The first-order chi connectivity index (χ1) is 6.93. The van der Waals surface area contributed by atoms with E-state index in [1.54, 1.807) is 13.8 Å². The lowest BCUT2D eigenvalue weighted by Gasteiger charge is -2.36. The number of rotatable bonds is 2. The first-order valence-corrected chi connectivity index (χ1v) is 5.46. The van der Waals surface area contributed by atoms with Gasteiger partial charge in [-0.1, -0.05) is 20.8 Å². The van der Waals surface area contributed by atoms with Crippen molar-refractivity contribution in [2.75, 3.05) is 6.54 Å². The number of hydrogen-bond acceptors (Lipinski definition) is 2. The monoisotopic (exact) mass is 213 g/mol. The van der Waals surface area contributed by atoms with Crippen LogP contribution in [0.5, 0.6) is 0 Å². The van der Waals surface area contributed by atoms with Crippen LogP contribution in [0.3, 0.4) is 0 Å². The summed E-state index contributed by atoms with van der Waals surface area (Å²) < 4.78 is 0. The van der Waals surface area contributed by atoms with Crippen molar-refractivity contribution in [2.24, 2.45) is 11.8 Å². The second-order valence-electron chi connectivity index (χ2n) is 4.67. The zero-order chi connectivity index (χ0) is 11.6. The molecule has 0 aromatic heterocycles. The minimum atomic E-state index is -0.879. The molecule has 0 bridgehead atoms. The minimum Gasteiger partial charge on any atom is -0.480 e. The van der Waals surface area contributed by atoms with Gasteiger partial charge in [-0.25, -0.2) is 4.79 Å². The quantitative estimate of drug-likeness (QED) is 0.753. The SMILES string of the molecule is CC1CCN(C(=O)C(C)C)C(C(=O)O)C1. The number of amides is 1. The van der Waals surface area contributed by atoms with Crippen LogP contribution in [0, 0.1) is 11.8 Å². The van der Waals surface area contributed by atoms with Crippen molar-refractivity contribution in [1.82, 2.24) is 4.90 Å². The number of aliphatic carboxylic acids is 1. The third-order valence-electron chi connectivity index (χ3n) is 2.93. The molecule has 0 radical (unpaired) electrons. The minimum absolute atomic E-state index is 0.0469. The lowest BCUT2D eigenvalue weighted by atomic mass is 9.91. The van der Waals surface area contributed by atoms with E-state index in [4.69, 9.17) is 5.11 Å². The topological polar surface area (TPSA) is 57.6 Å². The summed E-state index contributed by atoms with van der Waals surface area (Å²) in [5, 5.41) is 9.06. The van der Waals surface area contributed by atoms with Crippen molar-refractivity contribution in [2.45, 2.75) is 39.7 Å². The Kier molecular flexibility index (Phi) is 3.72. The Labute approximate surface area is 90.3 Å². The van der Waals surface area contributed by atoms with Gasteiger partial charge in [-0.3, -0.25) is 4.79 Å². The van der Waals surface area contributed by atoms with Crippen LogP contribution in [-0.2, 0) is 9.59 Å². The summed E-state index contributed by atoms with van der Waals surface area (Å²) in [5.41, 5.74) is 0. The molecule has 2 atom stereocenters. The average molecular weight is 213 g/mol. The number of carboxylic acid groups (broad SMARTS) is 1. The van der Waals surface area contributed by atoms with Gasteiger partial charge >= 0.3 is 5.97 Å². The zero-order valence-corrected chi connectivity index (χ0v) is 9.56. The summed E-state index contributed by atoms with van der Waals surface area (Å²) in [6.07, 6.45) is 1.48. The Balaban J connectivity index is 2.77. The van der Waals surface area contributed by atoms with Crippen LogP contribution >= 0.6 is 0 Å². The predicted octanol–water partition coefficient (Wildman–Crippen LogP) is 1.35. The Hall–Kier alpha value is -1.06. The van der Waals surface area contributed by atoms with Gasteiger partial charge in [-0.2, -0.15) is 0 Å². The van der Waals surface area contributed by atoms with Gasteiger partial charge in [0.05, 0.1) is 0 Å². The molecule has 1 fully saturated rings. The molecule has 15 heavy (non-hydrogen) atoms. The van der Waals surface area contributed by atoms with E-state index in [9.17, 15) is 9.59 Å². The number of hydrogen-bond donors (Lipinski definition) is 1. The van der Waals surface area contributed by atoms with E-state index in [0.717, 1.165) is 6.42 Å². The summed E-state index contributed by atoms with van der Waals surface area (Å²) in [6, 6.07) is -0.622. The van der Waals surface area contributed by atoms with E-state index in [0.29, 0.717) is 18.9 Å². The number of likely N-dealkylation sites (tertiary alicyclic amines) is 1. The highest BCUT2D eigenvalue weighted by Crippen LogP contribution is 2.24. The summed E-state index contributed by atoms with van der Waals surface area (Å²) in [6.45, 7) is 6.22. The van der Waals surface area contributed by atoms with Crippen LogP contribution in [0.4, 0.5) is 0 Å². The van der Waals surface area contributed by atoms with E-state index in [-0.39, 0.29) is 11.8 Å². The van der Waals surface area contributed by atoms with Crippen LogP contribution < -0.4 is 0 Å². The summed E-state index contributed by atoms with van der Waals surface area (Å²) in [5.74, 6) is -0.660. The third-order valence-corrected chi connectivity index (χ3v) is 2.93. The molecule has 4 nitrogen and oxygen atoms in total. The van der Waals surface area contributed by atoms with Gasteiger partial charge < -0.3 is 10.0 Å². The molecular formula is C11H19NO3. The molecular weight excluding hydrogens is 194 g/mol. The van der Waals surface area contributed by atoms with Crippen LogP contribution in [0.15, 0.2) is 0 Å². The molecule has 0 spiro atoms. The second-order valence-corrected chi connectivity index (χ2v) is 4.67. The van der Waals surface area contributed by atoms with Gasteiger partial charge in [-0.05, 0) is 18.8 Å². The second kappa shape index (κ2) is 4.64. The molecule has 1 heterocycles. The number of piperidine rings is 1. The van der Waals surface area contributed by atoms with Crippen LogP contribution in [0.2, 0.25) is 0 Å². The molecule has 0 aromatic rings. The first-order valence-electron chi connectivity index (χ1n) is 5.46. The smallest absolute Gasteiger partial charge is 0.326 e. The molecule has 1 N–H and O–H groups in total. The first kappa shape index (κ1) is 12.0. The molecule has 0 saturated carbocycles. The third kappa shape index (κ3) is 2.70. The average Bonchev–Trinajstić information content (AvgIpc) is 2.16. The van der Waals surface area contributed by atoms with E-state index >= 15 is 0 Å². The Morgan fingerprint density at radius 2 is 2.00 bits per heavy atom. The van der Waals surface area contributed by atoms with Crippen molar-refractivity contribution in [3.63, 3.8) is 0 Å². The number of carbonyl (C=O) groups is 2. The molecule has 86 valence electrons. The van der Waals surface area contributed by atoms with Crippen LogP contribution in [0.25, 0.3) is 0 Å². The van der Waals surface area contributed by atoms with E-state index < -0.39 is 12.0 Å². The maximum Gasteiger partial charge on any atom is 0.326 e. The maximum atomic E-state index is 11.8. The van der Waals surface area contributed by atoms with Crippen molar-refractivity contribution in [1.29, 1.82) is 0 Å². The van der Waals surface area contributed by atoms with Crippen molar-refractivity contribution in [3.05, 3.63) is 0 Å². The van der Waals surface area contributed by atoms with Gasteiger partial charge in [0.2, 0.25) is 5.91 Å². The molecule has 1 saturated heterocycles. The largest absolute Gasteiger partial charge is 0.480 e. The van der Waals surface area contributed by atoms with Gasteiger partial charge in [0.25, 0.3) is 0 Å². The summed E-state index contributed by atoms with van der Waals surface area (Å²) in [4.78, 5) is 24.3. The molecule has 1 aliphatic rings. The van der Waals surface area contributed by atoms with E-state index in [2.05, 4.69) is 0 Å². The maximum absolute atomic E-state index is 11.8. The van der Waals surface area contributed by atoms with Crippen molar-refractivity contribution in [3.8, 4) is 0 Å². The lowest BCUT2D eigenvalue weighted by Crippen LogP contribution is -2.51. The highest BCUT2D eigenvalue weighted by atomic mass is 16.4. The highest BCUT2D eigenvalue weighted by Gasteiger charge is 2.35. The highest BCUT2D eigenvalue weighted by molar-refractivity contribution is 5.84. The fourth-order valence-corrected chi connectivity index (χ4v) is 1.97. The number of carbonyl (C=O) groups excluding carboxylic acids is 1. The molecule has 1 rings (SSSR count). The molecule has 1 amide bonds. The van der Waals surface area contributed by atoms with Crippen LogP contribution in [-0.4, -0.2) is 34.5 Å². The summed E-state index contributed by atoms with van der Waals surface area (Å²) in [7, 11) is 0. The number of carboxylic acids is 1. The summed E-state index contributed by atoms with van der Waals surface area (Å²) >= 11 is 0. The Bertz CT molecular complexity index is 263. The zero-order valence-electron chi connectivity index (χ0n) is 9.56. The van der Waals surface area contributed by atoms with Crippen LogP contribution in [0.1, 0.15) is 33.6 Å². The molecule has 2 unspecified atom stereocenters. The Morgan fingerprint density at radius 3 is 2.47 bits per heavy atom. The van der Waals surface area contributed by atoms with Gasteiger partial charge in [0, 0.05) is 12.5 Å². The number of nitrogens with zero attached hydrogens (tertiary/aromatic N) is 1.